The lowest BCUT2D eigenvalue weighted by Gasteiger charge is -2.25. The maximum atomic E-state index is 13.2. The van der Waals surface area contributed by atoms with Gasteiger partial charge in [0.05, 0.1) is 12.5 Å². The number of phenolic OH excluding ortho intramolecular Hbond substituents is 1. The summed E-state index contributed by atoms with van der Waals surface area (Å²) in [5, 5.41) is 25.9. The highest BCUT2D eigenvalue weighted by Gasteiger charge is 2.31. The molecule has 14 nitrogen and oxygen atoms in total. The minimum absolute atomic E-state index is 0.00925. The first kappa shape index (κ1) is 32.2. The van der Waals surface area contributed by atoms with E-state index in [1.165, 1.54) is 36.0 Å². The molecule has 11 N–H and O–H groups in total. The van der Waals surface area contributed by atoms with Crippen LogP contribution in [0.4, 0.5) is 0 Å². The van der Waals surface area contributed by atoms with Crippen LogP contribution < -0.4 is 33.2 Å². The number of aromatic hydroxyl groups is 1. The predicted molar refractivity (Wildman–Crippen MR) is 138 cm³/mol. The van der Waals surface area contributed by atoms with Gasteiger partial charge in [-0.25, -0.2) is 4.79 Å². The second kappa shape index (κ2) is 16.1. The van der Waals surface area contributed by atoms with E-state index in [4.69, 9.17) is 17.2 Å². The van der Waals surface area contributed by atoms with Crippen molar-refractivity contribution < 1.29 is 39.0 Å². The lowest BCUT2D eigenvalue weighted by atomic mass is 10.0. The van der Waals surface area contributed by atoms with Crippen molar-refractivity contribution in [3.05, 3.63) is 29.8 Å². The standard InChI is InChI=1S/C23H34N6O8S/c1-38-9-8-14(24)20(33)28-16(10-12-2-4-13(30)5-3-12)22(35)27-15(6-7-18(25)31)21(34)29-17(23(36)37)11-19(26)32/h2-5,14-17,30H,6-11,24H2,1H3,(H2,25,31)(H2,26,32)(H,27,35)(H,28,33)(H,29,34)(H,36,37). The van der Waals surface area contributed by atoms with Gasteiger partial charge in [-0.05, 0) is 42.5 Å². The Morgan fingerprint density at radius 2 is 1.39 bits per heavy atom. The number of hydrogen-bond acceptors (Lipinski definition) is 9. The molecule has 0 aromatic heterocycles. The van der Waals surface area contributed by atoms with Gasteiger partial charge < -0.3 is 43.4 Å². The summed E-state index contributed by atoms with van der Waals surface area (Å²) in [4.78, 5) is 72.6. The highest BCUT2D eigenvalue weighted by atomic mass is 32.2. The lowest BCUT2D eigenvalue weighted by molar-refractivity contribution is -0.144. The normalized spacial score (nSPS) is 13.8. The quantitative estimate of drug-likeness (QED) is 0.102. The SMILES string of the molecule is CSCCC(N)C(=O)NC(Cc1ccc(O)cc1)C(=O)NC(CCC(N)=O)C(=O)NC(CC(N)=O)C(=O)O. The van der Waals surface area contributed by atoms with Crippen LogP contribution in [0.1, 0.15) is 31.2 Å². The summed E-state index contributed by atoms with van der Waals surface area (Å²) in [6.45, 7) is 0. The molecule has 0 heterocycles. The number of benzene rings is 1. The van der Waals surface area contributed by atoms with Crippen LogP contribution in [-0.2, 0) is 35.2 Å². The summed E-state index contributed by atoms with van der Waals surface area (Å²) in [6.07, 6.45) is 0.826. The highest BCUT2D eigenvalue weighted by molar-refractivity contribution is 7.98. The number of carboxylic acids is 1. The third kappa shape index (κ3) is 11.9. The molecule has 0 aliphatic carbocycles. The summed E-state index contributed by atoms with van der Waals surface area (Å²) in [5.41, 5.74) is 16.7. The molecule has 0 saturated heterocycles. The van der Waals surface area contributed by atoms with Crippen LogP contribution in [-0.4, -0.2) is 81.9 Å². The van der Waals surface area contributed by atoms with Crippen molar-refractivity contribution in [3.63, 3.8) is 0 Å². The van der Waals surface area contributed by atoms with E-state index in [0.717, 1.165) is 0 Å². The maximum Gasteiger partial charge on any atom is 0.326 e. The van der Waals surface area contributed by atoms with Crippen LogP contribution in [0, 0.1) is 0 Å². The zero-order chi connectivity index (χ0) is 28.8. The fourth-order valence-electron chi connectivity index (χ4n) is 3.23. The van der Waals surface area contributed by atoms with Crippen LogP contribution in [0.3, 0.4) is 0 Å². The van der Waals surface area contributed by atoms with Crippen molar-refractivity contribution in [2.24, 2.45) is 17.2 Å². The second-order valence-electron chi connectivity index (χ2n) is 8.46. The third-order valence-electron chi connectivity index (χ3n) is 5.31. The molecule has 210 valence electrons. The molecule has 0 aliphatic rings. The van der Waals surface area contributed by atoms with Gasteiger partial charge in [0.25, 0.3) is 0 Å². The zero-order valence-electron chi connectivity index (χ0n) is 20.8. The Morgan fingerprint density at radius 1 is 0.842 bits per heavy atom. The first-order valence-corrected chi connectivity index (χ1v) is 13.0. The molecule has 0 fully saturated rings. The third-order valence-corrected chi connectivity index (χ3v) is 5.96. The molecule has 0 bridgehead atoms. The van der Waals surface area contributed by atoms with Crippen molar-refractivity contribution in [2.45, 2.75) is 56.3 Å². The van der Waals surface area contributed by atoms with E-state index in [0.29, 0.717) is 17.7 Å². The molecule has 38 heavy (non-hydrogen) atoms. The number of carbonyl (C=O) groups is 6. The fourth-order valence-corrected chi connectivity index (χ4v) is 3.72. The predicted octanol–water partition coefficient (Wildman–Crippen LogP) is -2.30. The minimum Gasteiger partial charge on any atom is -0.508 e. The van der Waals surface area contributed by atoms with Gasteiger partial charge in [-0.15, -0.1) is 0 Å². The molecular formula is C23H34N6O8S. The van der Waals surface area contributed by atoms with Crippen LogP contribution in [0.25, 0.3) is 0 Å². The highest BCUT2D eigenvalue weighted by Crippen LogP contribution is 2.12. The summed E-state index contributed by atoms with van der Waals surface area (Å²) in [6, 6.07) is 0.619. The maximum absolute atomic E-state index is 13.2. The smallest absolute Gasteiger partial charge is 0.326 e. The van der Waals surface area contributed by atoms with E-state index in [2.05, 4.69) is 16.0 Å². The molecule has 5 amide bonds. The Labute approximate surface area is 223 Å². The minimum atomic E-state index is -1.67. The molecule has 1 aromatic carbocycles. The molecule has 4 atom stereocenters. The van der Waals surface area contributed by atoms with Gasteiger partial charge in [-0.3, -0.25) is 24.0 Å². The lowest BCUT2D eigenvalue weighted by Crippen LogP contribution is -2.58. The summed E-state index contributed by atoms with van der Waals surface area (Å²) in [5.74, 6) is -5.13. The van der Waals surface area contributed by atoms with Crippen molar-refractivity contribution in [1.82, 2.24) is 16.0 Å². The van der Waals surface area contributed by atoms with Crippen molar-refractivity contribution in [1.29, 1.82) is 0 Å². The first-order chi connectivity index (χ1) is 17.8. The van der Waals surface area contributed by atoms with Gasteiger partial charge >= 0.3 is 5.97 Å². The van der Waals surface area contributed by atoms with E-state index in [9.17, 15) is 39.0 Å². The van der Waals surface area contributed by atoms with Gasteiger partial charge in [-0.2, -0.15) is 11.8 Å². The Hall–Kier alpha value is -3.85. The fraction of sp³-hybridized carbons (Fsp3) is 0.478. The van der Waals surface area contributed by atoms with Crippen molar-refractivity contribution in [3.8, 4) is 5.75 Å². The van der Waals surface area contributed by atoms with E-state index in [1.54, 1.807) is 0 Å². The van der Waals surface area contributed by atoms with Crippen LogP contribution in [0.15, 0.2) is 24.3 Å². The van der Waals surface area contributed by atoms with Crippen molar-refractivity contribution >= 4 is 47.3 Å². The number of thioether (sulfide) groups is 1. The largest absolute Gasteiger partial charge is 0.508 e. The van der Waals surface area contributed by atoms with Gasteiger partial charge in [0, 0.05) is 12.8 Å². The number of hydrogen-bond donors (Lipinski definition) is 8. The second-order valence-corrected chi connectivity index (χ2v) is 9.44. The van der Waals surface area contributed by atoms with E-state index in [1.807, 2.05) is 6.26 Å². The Bertz CT molecular complexity index is 1010. The van der Waals surface area contributed by atoms with E-state index in [-0.39, 0.29) is 25.0 Å². The number of primary amides is 2. The van der Waals surface area contributed by atoms with Crippen LogP contribution in [0.5, 0.6) is 5.75 Å². The number of amides is 5. The number of nitrogens with one attached hydrogen (secondary N) is 3. The number of carbonyl (C=O) groups excluding carboxylic acids is 5. The van der Waals surface area contributed by atoms with Gasteiger partial charge in [0.15, 0.2) is 0 Å². The Morgan fingerprint density at radius 3 is 1.92 bits per heavy atom. The van der Waals surface area contributed by atoms with Gasteiger partial charge in [0.1, 0.15) is 23.9 Å². The Kier molecular flexibility index (Phi) is 13.6. The number of nitrogens with two attached hydrogens (primary N) is 3. The monoisotopic (exact) mass is 554 g/mol. The summed E-state index contributed by atoms with van der Waals surface area (Å²) in [7, 11) is 0. The number of aliphatic carboxylic acids is 1. The van der Waals surface area contributed by atoms with Crippen LogP contribution in [0.2, 0.25) is 0 Å². The molecule has 0 saturated carbocycles. The molecule has 1 rings (SSSR count). The average Bonchev–Trinajstić information content (AvgIpc) is 2.84. The molecule has 0 spiro atoms. The summed E-state index contributed by atoms with van der Waals surface area (Å²) >= 11 is 1.49. The van der Waals surface area contributed by atoms with Gasteiger partial charge in [0.2, 0.25) is 29.5 Å². The van der Waals surface area contributed by atoms with Gasteiger partial charge in [-0.1, -0.05) is 12.1 Å². The number of rotatable bonds is 17. The first-order valence-electron chi connectivity index (χ1n) is 11.6. The van der Waals surface area contributed by atoms with Crippen LogP contribution >= 0.6 is 11.8 Å². The van der Waals surface area contributed by atoms with E-state index < -0.39 is 66.1 Å². The zero-order valence-corrected chi connectivity index (χ0v) is 21.7. The summed E-state index contributed by atoms with van der Waals surface area (Å²) < 4.78 is 0. The topological polar surface area (TPSA) is 257 Å². The molecular weight excluding hydrogens is 520 g/mol. The number of carboxylic acid groups (broad SMARTS) is 1. The number of phenols is 1. The Balaban J connectivity index is 3.16. The molecule has 4 unspecified atom stereocenters. The van der Waals surface area contributed by atoms with E-state index >= 15 is 0 Å². The molecule has 15 heteroatoms. The van der Waals surface area contributed by atoms with Crippen molar-refractivity contribution in [2.75, 3.05) is 12.0 Å². The average molecular weight is 555 g/mol. The molecule has 0 aliphatic heterocycles. The molecule has 1 aromatic rings. The molecule has 0 radical (unpaired) electrons.